The number of aromatic nitrogens is 1. The molecule has 0 aliphatic carbocycles. The molecule has 1 heterocycles. The van der Waals surface area contributed by atoms with E-state index in [9.17, 15) is 4.79 Å². The van der Waals surface area contributed by atoms with Crippen LogP contribution in [-0.2, 0) is 0 Å². The Balaban J connectivity index is 1.90. The van der Waals surface area contributed by atoms with Crippen molar-refractivity contribution in [3.63, 3.8) is 0 Å². The molecular weight excluding hydrogens is 292 g/mol. The minimum Gasteiger partial charge on any atom is -0.497 e. The molecule has 0 unspecified atom stereocenters. The van der Waals surface area contributed by atoms with Gasteiger partial charge in [-0.25, -0.2) is 4.98 Å². The van der Waals surface area contributed by atoms with Crippen LogP contribution in [0.5, 0.6) is 5.75 Å². The summed E-state index contributed by atoms with van der Waals surface area (Å²) >= 11 is 0. The van der Waals surface area contributed by atoms with E-state index in [-0.39, 0.29) is 5.91 Å². The fraction of sp³-hybridized carbons (Fsp3) is 0.294. The Morgan fingerprint density at radius 2 is 1.91 bits per heavy atom. The zero-order valence-electron chi connectivity index (χ0n) is 13.7. The monoisotopic (exact) mass is 314 g/mol. The molecule has 1 aromatic heterocycles. The van der Waals surface area contributed by atoms with E-state index in [1.165, 1.54) is 0 Å². The summed E-state index contributed by atoms with van der Waals surface area (Å²) in [6.45, 7) is 1.78. The summed E-state index contributed by atoms with van der Waals surface area (Å²) in [6, 6.07) is 10.6. The van der Waals surface area contributed by atoms with Crippen LogP contribution >= 0.6 is 0 Å². The van der Waals surface area contributed by atoms with Crippen molar-refractivity contribution in [2.45, 2.75) is 0 Å². The molecule has 0 atom stereocenters. The van der Waals surface area contributed by atoms with E-state index in [0.29, 0.717) is 17.1 Å². The Hall–Kier alpha value is -2.60. The van der Waals surface area contributed by atoms with Gasteiger partial charge in [-0.1, -0.05) is 0 Å². The molecule has 0 aliphatic heterocycles. The van der Waals surface area contributed by atoms with Gasteiger partial charge in [0.2, 0.25) is 0 Å². The molecule has 6 heteroatoms. The number of methoxy groups -OCH3 is 1. The number of carbonyl (C=O) groups is 1. The number of hydrogen-bond donors (Lipinski definition) is 2. The maximum atomic E-state index is 12.1. The average molecular weight is 314 g/mol. The van der Waals surface area contributed by atoms with E-state index in [1.54, 1.807) is 43.6 Å². The summed E-state index contributed by atoms with van der Waals surface area (Å²) in [6.07, 6.45) is 1.71. The standard InChI is InChI=1S/C17H22N4O2/c1-21(2)11-10-18-14-6-9-16(19-12-14)20-17(22)13-4-7-15(23-3)8-5-13/h4-9,12,18H,10-11H2,1-3H3,(H,19,20,22). The van der Waals surface area contributed by atoms with Crippen LogP contribution in [0.2, 0.25) is 0 Å². The highest BCUT2D eigenvalue weighted by molar-refractivity contribution is 6.03. The molecule has 0 fully saturated rings. The van der Waals surface area contributed by atoms with Crippen molar-refractivity contribution in [2.75, 3.05) is 44.9 Å². The third kappa shape index (κ3) is 5.27. The van der Waals surface area contributed by atoms with Crippen LogP contribution in [0.3, 0.4) is 0 Å². The summed E-state index contributed by atoms with van der Waals surface area (Å²) in [7, 11) is 5.64. The molecule has 2 rings (SSSR count). The first kappa shape index (κ1) is 16.8. The number of anilines is 2. The molecule has 122 valence electrons. The minimum atomic E-state index is -0.200. The zero-order valence-corrected chi connectivity index (χ0v) is 13.7. The van der Waals surface area contributed by atoms with E-state index in [4.69, 9.17) is 4.74 Å². The van der Waals surface area contributed by atoms with Gasteiger partial charge in [-0.15, -0.1) is 0 Å². The molecule has 0 aliphatic rings. The molecule has 1 aromatic carbocycles. The lowest BCUT2D eigenvalue weighted by atomic mass is 10.2. The van der Waals surface area contributed by atoms with E-state index in [0.717, 1.165) is 18.8 Å². The van der Waals surface area contributed by atoms with Crippen LogP contribution in [-0.4, -0.2) is 50.1 Å². The third-order valence-electron chi connectivity index (χ3n) is 3.25. The predicted octanol–water partition coefficient (Wildman–Crippen LogP) is 2.32. The van der Waals surface area contributed by atoms with E-state index in [1.807, 2.05) is 20.2 Å². The SMILES string of the molecule is COc1ccc(C(=O)Nc2ccc(NCCN(C)C)cn2)cc1. The lowest BCUT2D eigenvalue weighted by Crippen LogP contribution is -2.20. The summed E-state index contributed by atoms with van der Waals surface area (Å²) in [5, 5.41) is 6.04. The Bertz CT molecular complexity index is 624. The smallest absolute Gasteiger partial charge is 0.256 e. The van der Waals surface area contributed by atoms with Crippen molar-refractivity contribution in [1.29, 1.82) is 0 Å². The predicted molar refractivity (Wildman–Crippen MR) is 92.2 cm³/mol. The number of rotatable bonds is 7. The van der Waals surface area contributed by atoms with Crippen molar-refractivity contribution < 1.29 is 9.53 Å². The summed E-state index contributed by atoms with van der Waals surface area (Å²) < 4.78 is 5.07. The van der Waals surface area contributed by atoms with Crippen molar-refractivity contribution in [3.8, 4) is 5.75 Å². The van der Waals surface area contributed by atoms with E-state index < -0.39 is 0 Å². The fourth-order valence-electron chi connectivity index (χ4n) is 1.93. The first-order valence-electron chi connectivity index (χ1n) is 7.38. The topological polar surface area (TPSA) is 66.5 Å². The highest BCUT2D eigenvalue weighted by Gasteiger charge is 2.07. The number of carbonyl (C=O) groups excluding carboxylic acids is 1. The Morgan fingerprint density at radius 3 is 2.48 bits per heavy atom. The highest BCUT2D eigenvalue weighted by Crippen LogP contribution is 2.14. The molecule has 6 nitrogen and oxygen atoms in total. The number of nitrogens with zero attached hydrogens (tertiary/aromatic N) is 2. The Kier molecular flexibility index (Phi) is 5.94. The number of pyridine rings is 1. The molecule has 0 saturated heterocycles. The molecule has 2 aromatic rings. The highest BCUT2D eigenvalue weighted by atomic mass is 16.5. The lowest BCUT2D eigenvalue weighted by Gasteiger charge is -2.11. The molecule has 2 N–H and O–H groups in total. The number of benzene rings is 1. The molecule has 1 amide bonds. The number of ether oxygens (including phenoxy) is 1. The number of amides is 1. The van der Waals surface area contributed by atoms with Gasteiger partial charge in [0.25, 0.3) is 5.91 Å². The summed E-state index contributed by atoms with van der Waals surface area (Å²) in [5.41, 5.74) is 1.48. The van der Waals surface area contributed by atoms with Gasteiger partial charge in [-0.05, 0) is 50.5 Å². The first-order valence-corrected chi connectivity index (χ1v) is 7.38. The van der Waals surface area contributed by atoms with Crippen LogP contribution in [0.1, 0.15) is 10.4 Å². The van der Waals surface area contributed by atoms with Crippen molar-refractivity contribution in [3.05, 3.63) is 48.2 Å². The van der Waals surface area contributed by atoms with Crippen molar-refractivity contribution >= 4 is 17.4 Å². The molecule has 0 spiro atoms. The summed E-state index contributed by atoms with van der Waals surface area (Å²) in [4.78, 5) is 18.5. The van der Waals surface area contributed by atoms with Gasteiger partial charge in [0.05, 0.1) is 19.0 Å². The maximum Gasteiger partial charge on any atom is 0.256 e. The molecule has 0 saturated carbocycles. The van der Waals surface area contributed by atoms with E-state index in [2.05, 4.69) is 20.5 Å². The molecule has 0 radical (unpaired) electrons. The first-order chi connectivity index (χ1) is 11.1. The quantitative estimate of drug-likeness (QED) is 0.821. The van der Waals surface area contributed by atoms with Crippen molar-refractivity contribution in [1.82, 2.24) is 9.88 Å². The Morgan fingerprint density at radius 1 is 1.17 bits per heavy atom. The van der Waals surface area contributed by atoms with Gasteiger partial charge in [0.15, 0.2) is 0 Å². The second-order valence-corrected chi connectivity index (χ2v) is 5.34. The zero-order chi connectivity index (χ0) is 16.7. The largest absolute Gasteiger partial charge is 0.497 e. The molecule has 23 heavy (non-hydrogen) atoms. The van der Waals surface area contributed by atoms with Gasteiger partial charge < -0.3 is 20.3 Å². The van der Waals surface area contributed by atoms with Crippen LogP contribution in [0, 0.1) is 0 Å². The number of likely N-dealkylation sites (N-methyl/N-ethyl adjacent to an activating group) is 1. The second kappa shape index (κ2) is 8.14. The van der Waals surface area contributed by atoms with Crippen LogP contribution in [0.4, 0.5) is 11.5 Å². The number of hydrogen-bond acceptors (Lipinski definition) is 5. The normalized spacial score (nSPS) is 10.4. The Labute approximate surface area is 136 Å². The summed E-state index contributed by atoms with van der Waals surface area (Å²) in [5.74, 6) is 1.03. The van der Waals surface area contributed by atoms with Gasteiger partial charge in [0, 0.05) is 18.7 Å². The lowest BCUT2D eigenvalue weighted by molar-refractivity contribution is 0.102. The van der Waals surface area contributed by atoms with Crippen LogP contribution < -0.4 is 15.4 Å². The van der Waals surface area contributed by atoms with Crippen LogP contribution in [0.15, 0.2) is 42.6 Å². The third-order valence-corrected chi connectivity index (χ3v) is 3.25. The fourth-order valence-corrected chi connectivity index (χ4v) is 1.93. The molecule has 0 bridgehead atoms. The number of nitrogens with one attached hydrogen (secondary N) is 2. The molecular formula is C17H22N4O2. The van der Waals surface area contributed by atoms with Gasteiger partial charge in [0.1, 0.15) is 11.6 Å². The minimum absolute atomic E-state index is 0.200. The average Bonchev–Trinajstić information content (AvgIpc) is 2.56. The van der Waals surface area contributed by atoms with Crippen molar-refractivity contribution in [2.24, 2.45) is 0 Å². The maximum absolute atomic E-state index is 12.1. The van der Waals surface area contributed by atoms with Gasteiger partial charge in [-0.2, -0.15) is 0 Å². The van der Waals surface area contributed by atoms with E-state index >= 15 is 0 Å². The van der Waals surface area contributed by atoms with Gasteiger partial charge in [-0.3, -0.25) is 4.79 Å². The second-order valence-electron chi connectivity index (χ2n) is 5.34. The van der Waals surface area contributed by atoms with Crippen LogP contribution in [0.25, 0.3) is 0 Å². The van der Waals surface area contributed by atoms with Gasteiger partial charge >= 0.3 is 0 Å².